The Balaban J connectivity index is 1.29. The van der Waals surface area contributed by atoms with Gasteiger partial charge in [-0.25, -0.2) is 0 Å². The van der Waals surface area contributed by atoms with E-state index < -0.39 is 12.1 Å². The van der Waals surface area contributed by atoms with E-state index in [0.717, 1.165) is 6.61 Å². The Labute approximate surface area is 163 Å². The number of hydrogen-bond donors (Lipinski definition) is 1. The zero-order valence-electron chi connectivity index (χ0n) is 16.0. The number of rotatable bonds is 5. The fourth-order valence-corrected chi connectivity index (χ4v) is 4.75. The lowest BCUT2D eigenvalue weighted by Crippen LogP contribution is -2.64. The van der Waals surface area contributed by atoms with E-state index in [1.807, 2.05) is 19.3 Å². The van der Waals surface area contributed by atoms with Crippen LogP contribution in [-0.2, 0) is 21.4 Å². The molecule has 5 rings (SSSR count). The summed E-state index contributed by atoms with van der Waals surface area (Å²) in [6.45, 7) is 1.71. The van der Waals surface area contributed by atoms with Gasteiger partial charge in [0.25, 0.3) is 5.91 Å². The van der Waals surface area contributed by atoms with Gasteiger partial charge in [0, 0.05) is 39.4 Å². The molecule has 4 heterocycles. The van der Waals surface area contributed by atoms with Crippen LogP contribution in [0.5, 0.6) is 0 Å². The number of aryl methyl sites for hydroxylation is 1. The molecule has 8 heteroatoms. The maximum Gasteiger partial charge on any atom is 0.268 e. The summed E-state index contributed by atoms with van der Waals surface area (Å²) in [5, 5.41) is 2.98. The van der Waals surface area contributed by atoms with Crippen LogP contribution >= 0.6 is 0 Å². The highest BCUT2D eigenvalue weighted by molar-refractivity contribution is 5.99. The van der Waals surface area contributed by atoms with Gasteiger partial charge < -0.3 is 24.4 Å². The third-order valence-electron chi connectivity index (χ3n) is 6.52. The molecule has 8 nitrogen and oxygen atoms in total. The number of hydrogen-bond acceptors (Lipinski definition) is 4. The molecular formula is C20H26N4O4. The molecule has 1 saturated carbocycles. The van der Waals surface area contributed by atoms with Gasteiger partial charge in [0.2, 0.25) is 11.8 Å². The summed E-state index contributed by atoms with van der Waals surface area (Å²) in [6.07, 6.45) is 5.37. The van der Waals surface area contributed by atoms with Crippen LogP contribution in [0, 0.1) is 5.92 Å². The van der Waals surface area contributed by atoms with E-state index in [1.165, 1.54) is 12.8 Å². The summed E-state index contributed by atoms with van der Waals surface area (Å²) >= 11 is 0. The highest BCUT2D eigenvalue weighted by Gasteiger charge is 2.55. The molecule has 1 aromatic heterocycles. The molecule has 3 amide bonds. The Morgan fingerprint density at radius 1 is 1.21 bits per heavy atom. The maximum atomic E-state index is 13.2. The standard InChI is InChI=1S/C20H26N4O4/c1-22-7-2-3-15(22)18(25)21-14-6-8-23-17(14)20(27)24-10-13(9-16(24)19(23)26)28-11-12-4-5-12/h2-3,7,12-14,16-17H,4-6,8-11H2,1H3,(H,21,25)/t13-,14+,16+,17+/m1/s1. The number of nitrogens with zero attached hydrogens (tertiary/aromatic N) is 3. The molecule has 0 radical (unpaired) electrons. The van der Waals surface area contributed by atoms with Crippen LogP contribution in [-0.4, -0.2) is 76.0 Å². The van der Waals surface area contributed by atoms with E-state index in [1.54, 1.807) is 20.4 Å². The average molecular weight is 386 g/mol. The van der Waals surface area contributed by atoms with Gasteiger partial charge in [0.1, 0.15) is 17.8 Å². The molecule has 4 aliphatic rings. The van der Waals surface area contributed by atoms with E-state index in [2.05, 4.69) is 5.32 Å². The second-order valence-corrected chi connectivity index (χ2v) is 8.49. The van der Waals surface area contributed by atoms with Gasteiger partial charge in [-0.2, -0.15) is 0 Å². The van der Waals surface area contributed by atoms with Crippen molar-refractivity contribution in [3.63, 3.8) is 0 Å². The molecule has 1 aliphatic carbocycles. The molecule has 0 spiro atoms. The average Bonchev–Trinajstić information content (AvgIpc) is 3.05. The number of piperazine rings is 1. The van der Waals surface area contributed by atoms with E-state index in [4.69, 9.17) is 4.74 Å². The number of amides is 3. The molecule has 1 N–H and O–H groups in total. The monoisotopic (exact) mass is 386 g/mol. The molecule has 1 aromatic rings. The van der Waals surface area contributed by atoms with E-state index >= 15 is 0 Å². The number of carbonyl (C=O) groups is 3. The summed E-state index contributed by atoms with van der Waals surface area (Å²) < 4.78 is 7.70. The number of aromatic nitrogens is 1. The van der Waals surface area contributed by atoms with E-state index in [0.29, 0.717) is 37.5 Å². The lowest BCUT2D eigenvalue weighted by molar-refractivity contribution is -0.157. The number of fused-ring (bicyclic) bond motifs is 2. The first-order valence-electron chi connectivity index (χ1n) is 10.2. The second-order valence-electron chi connectivity index (χ2n) is 8.49. The Morgan fingerprint density at radius 3 is 2.75 bits per heavy atom. The van der Waals surface area contributed by atoms with Gasteiger partial charge in [0.05, 0.1) is 12.1 Å². The van der Waals surface area contributed by atoms with Crippen molar-refractivity contribution in [2.45, 2.75) is 49.9 Å². The van der Waals surface area contributed by atoms with Crippen LogP contribution in [0.15, 0.2) is 18.3 Å². The van der Waals surface area contributed by atoms with Crippen molar-refractivity contribution in [1.29, 1.82) is 0 Å². The van der Waals surface area contributed by atoms with E-state index in [9.17, 15) is 14.4 Å². The van der Waals surface area contributed by atoms with Crippen molar-refractivity contribution in [2.24, 2.45) is 13.0 Å². The predicted octanol–water partition coefficient (Wildman–Crippen LogP) is 0.134. The van der Waals surface area contributed by atoms with Gasteiger partial charge in [-0.15, -0.1) is 0 Å². The van der Waals surface area contributed by atoms with Gasteiger partial charge in [-0.1, -0.05) is 0 Å². The SMILES string of the molecule is Cn1cccc1C(=O)N[C@H]1CCN2C(=O)[C@@H]3C[C@@H](OCC4CC4)CN3C(=O)[C@H]12. The van der Waals surface area contributed by atoms with Crippen molar-refractivity contribution in [3.05, 3.63) is 24.0 Å². The third kappa shape index (κ3) is 2.90. The summed E-state index contributed by atoms with van der Waals surface area (Å²) in [6, 6.07) is 2.19. The Hall–Kier alpha value is -2.35. The molecule has 3 aliphatic heterocycles. The maximum absolute atomic E-state index is 13.2. The molecule has 28 heavy (non-hydrogen) atoms. The van der Waals surface area contributed by atoms with Crippen LogP contribution in [0.25, 0.3) is 0 Å². The zero-order valence-corrected chi connectivity index (χ0v) is 16.0. The van der Waals surface area contributed by atoms with Gasteiger partial charge >= 0.3 is 0 Å². The van der Waals surface area contributed by atoms with Gasteiger partial charge in [-0.3, -0.25) is 14.4 Å². The second kappa shape index (κ2) is 6.62. The first kappa shape index (κ1) is 17.7. The highest BCUT2D eigenvalue weighted by atomic mass is 16.5. The molecule has 4 fully saturated rings. The largest absolute Gasteiger partial charge is 0.376 e. The van der Waals surface area contributed by atoms with Crippen molar-refractivity contribution in [2.75, 3.05) is 19.7 Å². The summed E-state index contributed by atoms with van der Waals surface area (Å²) in [4.78, 5) is 42.2. The van der Waals surface area contributed by atoms with Crippen LogP contribution in [0.3, 0.4) is 0 Å². The lowest BCUT2D eigenvalue weighted by Gasteiger charge is -2.40. The molecule has 0 aromatic carbocycles. The Bertz CT molecular complexity index is 817. The molecule has 0 bridgehead atoms. The Kier molecular flexibility index (Phi) is 4.19. The molecule has 150 valence electrons. The van der Waals surface area contributed by atoms with Crippen LogP contribution < -0.4 is 5.32 Å². The minimum absolute atomic E-state index is 0.00209. The predicted molar refractivity (Wildman–Crippen MR) is 99.4 cm³/mol. The van der Waals surface area contributed by atoms with Gasteiger partial charge in [-0.05, 0) is 37.3 Å². The van der Waals surface area contributed by atoms with Crippen molar-refractivity contribution < 1.29 is 19.1 Å². The number of carbonyl (C=O) groups excluding carboxylic acids is 3. The molecule has 0 unspecified atom stereocenters. The lowest BCUT2D eigenvalue weighted by atomic mass is 10.0. The topological polar surface area (TPSA) is 83.9 Å². The summed E-state index contributed by atoms with van der Waals surface area (Å²) in [5.74, 6) is 0.382. The highest BCUT2D eigenvalue weighted by Crippen LogP contribution is 2.35. The minimum Gasteiger partial charge on any atom is -0.376 e. The van der Waals surface area contributed by atoms with Crippen LogP contribution in [0.1, 0.15) is 36.2 Å². The minimum atomic E-state index is -0.602. The number of nitrogens with one attached hydrogen (secondary N) is 1. The zero-order chi connectivity index (χ0) is 19.4. The summed E-state index contributed by atoms with van der Waals surface area (Å²) in [7, 11) is 1.81. The first-order valence-corrected chi connectivity index (χ1v) is 10.2. The molecule has 4 atom stereocenters. The van der Waals surface area contributed by atoms with Crippen LogP contribution in [0.4, 0.5) is 0 Å². The molecule has 3 saturated heterocycles. The summed E-state index contributed by atoms with van der Waals surface area (Å²) in [5.41, 5.74) is 0.542. The van der Waals surface area contributed by atoms with Gasteiger partial charge in [0.15, 0.2) is 0 Å². The van der Waals surface area contributed by atoms with Crippen LogP contribution in [0.2, 0.25) is 0 Å². The quantitative estimate of drug-likeness (QED) is 0.780. The van der Waals surface area contributed by atoms with E-state index in [-0.39, 0.29) is 29.9 Å². The molecular weight excluding hydrogens is 360 g/mol. The van der Waals surface area contributed by atoms with Crippen molar-refractivity contribution in [3.8, 4) is 0 Å². The van der Waals surface area contributed by atoms with Crippen molar-refractivity contribution >= 4 is 17.7 Å². The third-order valence-corrected chi connectivity index (χ3v) is 6.52. The smallest absolute Gasteiger partial charge is 0.268 e. The van der Waals surface area contributed by atoms with Crippen molar-refractivity contribution in [1.82, 2.24) is 19.7 Å². The first-order chi connectivity index (χ1) is 13.5. The Morgan fingerprint density at radius 2 is 2.04 bits per heavy atom. The fourth-order valence-electron chi connectivity index (χ4n) is 4.75. The fraction of sp³-hybridized carbons (Fsp3) is 0.650. The number of ether oxygens (including phenoxy) is 1. The normalized spacial score (nSPS) is 31.9.